The summed E-state index contributed by atoms with van der Waals surface area (Å²) < 4.78 is 22.8. The maximum atomic E-state index is 16.1. The number of nitrogens with zero attached hydrogens (tertiary/aromatic N) is 4. The lowest BCUT2D eigenvalue weighted by atomic mass is 9.69. The Morgan fingerprint density at radius 1 is 1.08 bits per heavy atom. The number of nitrogens with one attached hydrogen (secondary N) is 1. The van der Waals surface area contributed by atoms with E-state index in [-0.39, 0.29) is 53.3 Å². The van der Waals surface area contributed by atoms with Crippen molar-refractivity contribution in [2.75, 3.05) is 58.9 Å². The summed E-state index contributed by atoms with van der Waals surface area (Å²) in [6.45, 7) is 10.0. The van der Waals surface area contributed by atoms with Crippen LogP contribution in [0.2, 0.25) is 0 Å². The minimum absolute atomic E-state index is 0.0312. The van der Waals surface area contributed by atoms with E-state index in [9.17, 15) is 9.59 Å². The zero-order valence-corrected chi connectivity index (χ0v) is 23.3. The molecule has 8 atom stereocenters. The van der Waals surface area contributed by atoms with Gasteiger partial charge in [-0.05, 0) is 58.2 Å². The fourth-order valence-electron chi connectivity index (χ4n) is 7.94. The first kappa shape index (κ1) is 26.9. The first-order valence-electron chi connectivity index (χ1n) is 14.9. The molecule has 6 rings (SSSR count). The third kappa shape index (κ3) is 5.02. The van der Waals surface area contributed by atoms with E-state index in [1.165, 1.54) is 12.8 Å². The van der Waals surface area contributed by atoms with Crippen LogP contribution < -0.4 is 5.32 Å². The van der Waals surface area contributed by atoms with Crippen LogP contribution in [0.4, 0.5) is 4.39 Å². The smallest absolute Gasteiger partial charge is 0.256 e. The lowest BCUT2D eigenvalue weighted by Gasteiger charge is -2.61. The number of carbonyl (C=O) groups excluding carboxylic acids is 2. The number of likely N-dealkylation sites (N-methyl/N-ethyl adjacent to an activating group) is 1. The molecule has 10 heteroatoms. The lowest BCUT2D eigenvalue weighted by molar-refractivity contribution is -0.212. The van der Waals surface area contributed by atoms with Crippen LogP contribution >= 0.6 is 11.6 Å². The molecular weight excluding hydrogens is 509 g/mol. The summed E-state index contributed by atoms with van der Waals surface area (Å²) >= 11 is 6.58. The minimum atomic E-state index is -1.18. The number of ether oxygens (including phenoxy) is 1. The fourth-order valence-corrected chi connectivity index (χ4v) is 8.24. The quantitative estimate of drug-likeness (QED) is 0.397. The van der Waals surface area contributed by atoms with Gasteiger partial charge in [0.1, 0.15) is 6.17 Å². The van der Waals surface area contributed by atoms with E-state index in [1.54, 1.807) is 6.20 Å². The first-order valence-corrected chi connectivity index (χ1v) is 15.3. The number of carbonyl (C=O) groups is 2. The molecule has 0 spiro atoms. The third-order valence-electron chi connectivity index (χ3n) is 10.0. The van der Waals surface area contributed by atoms with Gasteiger partial charge in [0, 0.05) is 56.8 Å². The molecule has 0 aromatic carbocycles. The van der Waals surface area contributed by atoms with Crippen LogP contribution in [0.25, 0.3) is 0 Å². The van der Waals surface area contributed by atoms with Gasteiger partial charge in [-0.2, -0.15) is 0 Å². The summed E-state index contributed by atoms with van der Waals surface area (Å²) in [5.74, 6) is -1.12. The second-order valence-electron chi connectivity index (χ2n) is 12.1. The molecule has 4 heterocycles. The van der Waals surface area contributed by atoms with Crippen LogP contribution in [0, 0.1) is 5.92 Å². The zero-order valence-electron chi connectivity index (χ0n) is 22.6. The monoisotopic (exact) mass is 551 g/mol. The number of halogens is 2. The van der Waals surface area contributed by atoms with Crippen LogP contribution in [0.5, 0.6) is 0 Å². The lowest BCUT2D eigenvalue weighted by Crippen LogP contribution is -2.74. The number of piperazine rings is 1. The summed E-state index contributed by atoms with van der Waals surface area (Å²) in [4.78, 5) is 36.2. The third-order valence-corrected chi connectivity index (χ3v) is 10.4. The van der Waals surface area contributed by atoms with Gasteiger partial charge in [0.2, 0.25) is 0 Å². The SMILES string of the molecule is CCN1CCN(C2C(F)CC3C(=O)C(C(=O)NCCN4CCCC4)=CN4C5CCC(Cl)CC5OC2C34)CC1. The maximum Gasteiger partial charge on any atom is 0.256 e. The number of morpholine rings is 1. The number of amides is 1. The summed E-state index contributed by atoms with van der Waals surface area (Å²) in [5.41, 5.74) is 0.183. The Labute approximate surface area is 230 Å². The Morgan fingerprint density at radius 3 is 2.58 bits per heavy atom. The molecule has 38 heavy (non-hydrogen) atoms. The molecule has 0 aromatic rings. The molecule has 8 unspecified atom stereocenters. The van der Waals surface area contributed by atoms with Gasteiger partial charge in [0.25, 0.3) is 5.91 Å². The van der Waals surface area contributed by atoms with E-state index in [2.05, 4.69) is 31.8 Å². The molecule has 0 radical (unpaired) electrons. The van der Waals surface area contributed by atoms with E-state index < -0.39 is 18.2 Å². The van der Waals surface area contributed by atoms with Gasteiger partial charge >= 0.3 is 0 Å². The highest BCUT2D eigenvalue weighted by Gasteiger charge is 2.60. The van der Waals surface area contributed by atoms with Crippen molar-refractivity contribution in [2.45, 2.75) is 87.3 Å². The molecule has 3 saturated heterocycles. The molecule has 1 amide bonds. The summed E-state index contributed by atoms with van der Waals surface area (Å²) in [6.07, 6.45) is 5.07. The molecule has 2 saturated carbocycles. The van der Waals surface area contributed by atoms with Crippen molar-refractivity contribution in [1.29, 1.82) is 0 Å². The zero-order chi connectivity index (χ0) is 26.4. The molecular formula is C28H43ClFN5O3. The number of likely N-dealkylation sites (tertiary alicyclic amines) is 1. The summed E-state index contributed by atoms with van der Waals surface area (Å²) in [7, 11) is 0. The highest BCUT2D eigenvalue weighted by Crippen LogP contribution is 2.47. The molecule has 0 bridgehead atoms. The summed E-state index contributed by atoms with van der Waals surface area (Å²) in [6, 6.07) is -0.563. The van der Waals surface area contributed by atoms with Crippen molar-refractivity contribution in [3.05, 3.63) is 11.8 Å². The standard InChI is InChI=1S/C28H43ClFN5O3/c1-2-32-11-13-34(14-12-32)25-21(30)16-19-24-27(25)38-23-15-18(29)5-6-22(23)35(24)17-20(26(19)36)28(37)31-7-10-33-8-3-4-9-33/h17-19,21-25,27H,2-16H2,1H3,(H,31,37). The fraction of sp³-hybridized carbons (Fsp3) is 0.857. The molecule has 1 N–H and O–H groups in total. The average Bonchev–Trinajstić information content (AvgIpc) is 3.43. The van der Waals surface area contributed by atoms with Gasteiger partial charge in [0.15, 0.2) is 5.78 Å². The van der Waals surface area contributed by atoms with Crippen molar-refractivity contribution in [3.63, 3.8) is 0 Å². The Bertz CT molecular complexity index is 924. The number of alkyl halides is 2. The molecule has 2 aliphatic carbocycles. The number of ketones is 1. The van der Waals surface area contributed by atoms with E-state index >= 15 is 4.39 Å². The number of hydrogen-bond acceptors (Lipinski definition) is 7. The normalized spacial score (nSPS) is 40.4. The first-order chi connectivity index (χ1) is 18.4. The Hall–Kier alpha value is -1.26. The topological polar surface area (TPSA) is 68.4 Å². The molecule has 4 aliphatic heterocycles. The predicted octanol–water partition coefficient (Wildman–Crippen LogP) is 1.63. The van der Waals surface area contributed by atoms with Crippen molar-refractivity contribution < 1.29 is 18.7 Å². The number of rotatable bonds is 6. The highest BCUT2D eigenvalue weighted by molar-refractivity contribution is 6.21. The minimum Gasteiger partial charge on any atom is -0.369 e. The highest BCUT2D eigenvalue weighted by atomic mass is 35.5. The van der Waals surface area contributed by atoms with E-state index in [0.717, 1.165) is 65.2 Å². The summed E-state index contributed by atoms with van der Waals surface area (Å²) in [5, 5.41) is 3.02. The molecule has 5 fully saturated rings. The van der Waals surface area contributed by atoms with Crippen LogP contribution in [-0.4, -0.2) is 132 Å². The van der Waals surface area contributed by atoms with Crippen LogP contribution in [-0.2, 0) is 14.3 Å². The van der Waals surface area contributed by atoms with Gasteiger partial charge in [0.05, 0.1) is 35.9 Å². The van der Waals surface area contributed by atoms with Gasteiger partial charge in [-0.25, -0.2) is 4.39 Å². The Morgan fingerprint density at radius 2 is 1.84 bits per heavy atom. The van der Waals surface area contributed by atoms with Crippen LogP contribution in [0.1, 0.15) is 45.4 Å². The maximum absolute atomic E-state index is 16.1. The van der Waals surface area contributed by atoms with E-state index in [1.807, 2.05) is 0 Å². The predicted molar refractivity (Wildman–Crippen MR) is 144 cm³/mol. The largest absolute Gasteiger partial charge is 0.369 e. The van der Waals surface area contributed by atoms with Crippen molar-refractivity contribution in [2.24, 2.45) is 5.92 Å². The van der Waals surface area contributed by atoms with E-state index in [0.29, 0.717) is 13.0 Å². The van der Waals surface area contributed by atoms with Crippen LogP contribution in [0.3, 0.4) is 0 Å². The van der Waals surface area contributed by atoms with Gasteiger partial charge in [-0.15, -0.1) is 11.6 Å². The van der Waals surface area contributed by atoms with E-state index in [4.69, 9.17) is 16.3 Å². The molecule has 8 nitrogen and oxygen atoms in total. The molecule has 6 aliphatic rings. The average molecular weight is 552 g/mol. The van der Waals surface area contributed by atoms with Crippen molar-refractivity contribution in [1.82, 2.24) is 24.9 Å². The molecule has 212 valence electrons. The Kier molecular flexibility index (Phi) is 8.02. The number of hydrogen-bond donors (Lipinski definition) is 1. The Balaban J connectivity index is 1.25. The second kappa shape index (κ2) is 11.3. The van der Waals surface area contributed by atoms with Gasteiger partial charge in [-0.3, -0.25) is 14.5 Å². The van der Waals surface area contributed by atoms with Gasteiger partial charge in [-0.1, -0.05) is 6.92 Å². The van der Waals surface area contributed by atoms with Crippen molar-refractivity contribution in [3.8, 4) is 0 Å². The number of Topliss-reactive ketones (excluding diaryl/α,β-unsaturated/α-hetero) is 1. The van der Waals surface area contributed by atoms with Crippen molar-refractivity contribution >= 4 is 23.3 Å². The van der Waals surface area contributed by atoms with Crippen LogP contribution in [0.15, 0.2) is 11.8 Å². The molecule has 0 aromatic heterocycles. The second-order valence-corrected chi connectivity index (χ2v) is 12.7. The number of fused-ring (bicyclic) bond motifs is 2. The van der Waals surface area contributed by atoms with Gasteiger partial charge < -0.3 is 24.8 Å².